The predicted molar refractivity (Wildman–Crippen MR) is 58.4 cm³/mol. The van der Waals surface area contributed by atoms with Gasteiger partial charge in [0.2, 0.25) is 0 Å². The first-order valence-electron chi connectivity index (χ1n) is 4.45. The zero-order valence-electron chi connectivity index (χ0n) is 8.19. The summed E-state index contributed by atoms with van der Waals surface area (Å²) in [5, 5.41) is 3.05. The second kappa shape index (κ2) is 5.55. The second-order valence-corrected chi connectivity index (χ2v) is 2.82. The van der Waals surface area contributed by atoms with Crippen molar-refractivity contribution in [3.05, 3.63) is 29.8 Å². The molecule has 4 heteroatoms. The summed E-state index contributed by atoms with van der Waals surface area (Å²) >= 11 is 0. The number of carbonyl (C=O) groups excluding carboxylic acids is 1. The van der Waals surface area contributed by atoms with Crippen LogP contribution >= 0.6 is 0 Å². The molecule has 15 heavy (non-hydrogen) atoms. The van der Waals surface area contributed by atoms with Gasteiger partial charge in [-0.1, -0.05) is 5.92 Å². The highest BCUT2D eigenvalue weighted by Crippen LogP contribution is 2.07. The Bertz CT molecular complexity index is 365. The smallest absolute Gasteiger partial charge is 0.404 e. The molecule has 0 saturated heterocycles. The van der Waals surface area contributed by atoms with Gasteiger partial charge < -0.3 is 15.8 Å². The quantitative estimate of drug-likeness (QED) is 0.571. The third-order valence-electron chi connectivity index (χ3n) is 1.73. The van der Waals surface area contributed by atoms with Crippen molar-refractivity contribution in [1.29, 1.82) is 0 Å². The molecule has 0 fully saturated rings. The molecular weight excluding hydrogens is 192 g/mol. The highest BCUT2D eigenvalue weighted by atomic mass is 16.5. The van der Waals surface area contributed by atoms with Crippen molar-refractivity contribution in [2.75, 3.05) is 18.5 Å². The van der Waals surface area contributed by atoms with Crippen LogP contribution in [0.1, 0.15) is 5.56 Å². The number of nitrogens with two attached hydrogens (primary N) is 1. The molecule has 0 aromatic heterocycles. The largest absolute Gasteiger partial charge is 0.448 e. The van der Waals surface area contributed by atoms with Crippen LogP contribution in [0.15, 0.2) is 24.3 Å². The second-order valence-electron chi connectivity index (χ2n) is 2.82. The fraction of sp³-hybridized carbons (Fsp3) is 0.182. The highest BCUT2D eigenvalue weighted by Gasteiger charge is 1.94. The third-order valence-corrected chi connectivity index (χ3v) is 1.73. The maximum Gasteiger partial charge on any atom is 0.404 e. The number of anilines is 1. The van der Waals surface area contributed by atoms with E-state index in [0.717, 1.165) is 11.3 Å². The van der Waals surface area contributed by atoms with Crippen LogP contribution in [0.3, 0.4) is 0 Å². The molecule has 1 rings (SSSR count). The molecule has 0 heterocycles. The van der Waals surface area contributed by atoms with E-state index in [2.05, 4.69) is 16.0 Å². The number of primary amides is 1. The van der Waals surface area contributed by atoms with E-state index in [1.165, 1.54) is 0 Å². The van der Waals surface area contributed by atoms with Crippen molar-refractivity contribution >= 4 is 11.8 Å². The van der Waals surface area contributed by atoms with Gasteiger partial charge >= 0.3 is 6.09 Å². The van der Waals surface area contributed by atoms with Crippen molar-refractivity contribution in [2.24, 2.45) is 5.73 Å². The molecular formula is C11H12N2O2. The first-order chi connectivity index (χ1) is 7.22. The van der Waals surface area contributed by atoms with Gasteiger partial charge in [0.05, 0.1) is 0 Å². The molecule has 0 aliphatic carbocycles. The lowest BCUT2D eigenvalue weighted by atomic mass is 10.2. The maximum atomic E-state index is 10.2. The number of carbonyl (C=O) groups is 1. The summed E-state index contributed by atoms with van der Waals surface area (Å²) in [5.41, 5.74) is 6.55. The molecule has 78 valence electrons. The molecule has 0 unspecified atom stereocenters. The van der Waals surface area contributed by atoms with E-state index in [0.29, 0.717) is 6.54 Å². The summed E-state index contributed by atoms with van der Waals surface area (Å²) in [4.78, 5) is 10.2. The Labute approximate surface area is 88.4 Å². The van der Waals surface area contributed by atoms with E-state index < -0.39 is 6.09 Å². The Morgan fingerprint density at radius 3 is 2.67 bits per heavy atom. The summed E-state index contributed by atoms with van der Waals surface area (Å²) in [6, 6.07) is 7.38. The van der Waals surface area contributed by atoms with Gasteiger partial charge in [0.25, 0.3) is 0 Å². The Morgan fingerprint density at radius 2 is 2.13 bits per heavy atom. The average molecular weight is 204 g/mol. The van der Waals surface area contributed by atoms with Crippen molar-refractivity contribution in [3.8, 4) is 12.3 Å². The van der Waals surface area contributed by atoms with Crippen LogP contribution in [-0.4, -0.2) is 19.2 Å². The number of amides is 1. The average Bonchev–Trinajstić information content (AvgIpc) is 2.25. The summed E-state index contributed by atoms with van der Waals surface area (Å²) in [6.45, 7) is 0.755. The molecule has 3 N–H and O–H groups in total. The van der Waals surface area contributed by atoms with Crippen molar-refractivity contribution < 1.29 is 9.53 Å². The molecule has 0 aliphatic rings. The van der Waals surface area contributed by atoms with E-state index >= 15 is 0 Å². The van der Waals surface area contributed by atoms with Crippen molar-refractivity contribution in [3.63, 3.8) is 0 Å². The molecule has 0 bridgehead atoms. The van der Waals surface area contributed by atoms with Crippen LogP contribution in [0, 0.1) is 12.3 Å². The number of hydrogen-bond donors (Lipinski definition) is 2. The van der Waals surface area contributed by atoms with Crippen molar-refractivity contribution in [1.82, 2.24) is 0 Å². The van der Waals surface area contributed by atoms with Gasteiger partial charge in [-0.15, -0.1) is 6.42 Å². The normalized spacial score (nSPS) is 9.00. The third kappa shape index (κ3) is 4.05. The maximum absolute atomic E-state index is 10.2. The fourth-order valence-corrected chi connectivity index (χ4v) is 1.03. The highest BCUT2D eigenvalue weighted by molar-refractivity contribution is 5.64. The fourth-order valence-electron chi connectivity index (χ4n) is 1.03. The van der Waals surface area contributed by atoms with Crippen LogP contribution in [0.5, 0.6) is 0 Å². The van der Waals surface area contributed by atoms with Crippen LogP contribution in [0.25, 0.3) is 0 Å². The minimum absolute atomic E-state index is 0.242. The van der Waals surface area contributed by atoms with Gasteiger partial charge in [-0.2, -0.15) is 0 Å². The summed E-state index contributed by atoms with van der Waals surface area (Å²) < 4.78 is 4.55. The van der Waals surface area contributed by atoms with Crippen LogP contribution < -0.4 is 11.1 Å². The summed E-state index contributed by atoms with van der Waals surface area (Å²) in [7, 11) is 0. The molecule has 1 aromatic carbocycles. The lowest BCUT2D eigenvalue weighted by Gasteiger charge is -2.05. The first kappa shape index (κ1) is 10.9. The van der Waals surface area contributed by atoms with E-state index in [-0.39, 0.29) is 6.61 Å². The van der Waals surface area contributed by atoms with Gasteiger partial charge in [-0.05, 0) is 24.3 Å². The van der Waals surface area contributed by atoms with Crippen molar-refractivity contribution in [2.45, 2.75) is 0 Å². The molecule has 1 amide bonds. The Balaban J connectivity index is 2.32. The molecule has 0 spiro atoms. The van der Waals surface area contributed by atoms with Gasteiger partial charge in [-0.25, -0.2) is 4.79 Å². The number of terminal acetylenes is 1. The van der Waals surface area contributed by atoms with Gasteiger partial charge in [0.1, 0.15) is 6.61 Å². The number of ether oxygens (including phenoxy) is 1. The molecule has 1 aromatic rings. The predicted octanol–water partition coefficient (Wildman–Crippen LogP) is 1.18. The minimum Gasteiger partial charge on any atom is -0.448 e. The van der Waals surface area contributed by atoms with Gasteiger partial charge in [0, 0.05) is 17.8 Å². The van der Waals surface area contributed by atoms with E-state index in [1.807, 2.05) is 24.3 Å². The number of hydrogen-bond acceptors (Lipinski definition) is 3. The number of rotatable bonds is 4. The van der Waals surface area contributed by atoms with E-state index in [1.54, 1.807) is 0 Å². The lowest BCUT2D eigenvalue weighted by Crippen LogP contribution is -2.18. The van der Waals surface area contributed by atoms with Crippen LogP contribution in [0.4, 0.5) is 10.5 Å². The van der Waals surface area contributed by atoms with Gasteiger partial charge in [0.15, 0.2) is 0 Å². The Kier molecular flexibility index (Phi) is 4.05. The molecule has 0 atom stereocenters. The first-order valence-corrected chi connectivity index (χ1v) is 4.45. The number of benzene rings is 1. The summed E-state index contributed by atoms with van der Waals surface area (Å²) in [6.07, 6.45) is 4.45. The Morgan fingerprint density at radius 1 is 1.47 bits per heavy atom. The van der Waals surface area contributed by atoms with Gasteiger partial charge in [-0.3, -0.25) is 0 Å². The van der Waals surface area contributed by atoms with E-state index in [4.69, 9.17) is 12.2 Å². The molecule has 0 radical (unpaired) electrons. The van der Waals surface area contributed by atoms with E-state index in [9.17, 15) is 4.79 Å². The molecule has 4 nitrogen and oxygen atoms in total. The standard InChI is InChI=1S/C11H12N2O2/c1-2-9-3-5-10(6-4-9)13-7-8-15-11(12)14/h1,3-6,13H,7-8H2,(H2,12,14). The molecule has 0 saturated carbocycles. The van der Waals surface area contributed by atoms with Crippen LogP contribution in [-0.2, 0) is 4.74 Å². The Hall–Kier alpha value is -2.15. The zero-order chi connectivity index (χ0) is 11.1. The lowest BCUT2D eigenvalue weighted by molar-refractivity contribution is 0.161. The van der Waals surface area contributed by atoms with Crippen LogP contribution in [0.2, 0.25) is 0 Å². The topological polar surface area (TPSA) is 64.3 Å². The monoisotopic (exact) mass is 204 g/mol. The zero-order valence-corrected chi connectivity index (χ0v) is 8.19. The number of nitrogens with one attached hydrogen (secondary N) is 1. The minimum atomic E-state index is -0.764. The SMILES string of the molecule is C#Cc1ccc(NCCOC(N)=O)cc1. The summed E-state index contributed by atoms with van der Waals surface area (Å²) in [5.74, 6) is 2.52. The molecule has 0 aliphatic heterocycles.